The van der Waals surface area contributed by atoms with Crippen LogP contribution >= 0.6 is 0 Å². The fraction of sp³-hybridized carbons (Fsp3) is 0.353. The number of nitrogens with zero attached hydrogens (tertiary/aromatic N) is 1. The van der Waals surface area contributed by atoms with E-state index in [4.69, 9.17) is 4.74 Å². The molecule has 0 aromatic heterocycles. The van der Waals surface area contributed by atoms with Crippen molar-refractivity contribution in [2.75, 3.05) is 13.2 Å². The van der Waals surface area contributed by atoms with Crippen LogP contribution in [0.1, 0.15) is 24.5 Å². The van der Waals surface area contributed by atoms with E-state index >= 15 is 0 Å². The van der Waals surface area contributed by atoms with Gasteiger partial charge >= 0.3 is 0 Å². The minimum Gasteiger partial charge on any atom is -0.387 e. The number of benzene rings is 2. The molecule has 2 atom stereocenters. The van der Waals surface area contributed by atoms with Crippen molar-refractivity contribution >= 4 is 10.8 Å². The van der Waals surface area contributed by atoms with Crippen molar-refractivity contribution in [2.24, 2.45) is 5.41 Å². The second kappa shape index (κ2) is 5.24. The molecule has 1 fully saturated rings. The average molecular weight is 267 g/mol. The number of fused-ring (bicyclic) bond motifs is 1. The molecular weight excluding hydrogens is 250 g/mol. The van der Waals surface area contributed by atoms with Crippen LogP contribution in [0.15, 0.2) is 42.5 Å². The van der Waals surface area contributed by atoms with E-state index in [2.05, 4.69) is 6.07 Å². The first kappa shape index (κ1) is 13.1. The van der Waals surface area contributed by atoms with E-state index in [0.29, 0.717) is 19.6 Å². The standard InChI is InChI=1S/C17H17NO2/c18-11-17(9-4-10-20-12-17)16(19)15-8-3-6-13-5-1-2-7-14(13)15/h1-3,5-8,16,19H,4,9-10,12H2. The third-order valence-corrected chi connectivity index (χ3v) is 4.14. The van der Waals surface area contributed by atoms with Crippen LogP contribution in [0.2, 0.25) is 0 Å². The van der Waals surface area contributed by atoms with Gasteiger partial charge in [-0.3, -0.25) is 0 Å². The van der Waals surface area contributed by atoms with Gasteiger partial charge < -0.3 is 9.84 Å². The number of aliphatic hydroxyl groups excluding tert-OH is 1. The Labute approximate surface area is 118 Å². The zero-order valence-electron chi connectivity index (χ0n) is 11.2. The average Bonchev–Trinajstić information content (AvgIpc) is 2.54. The second-order valence-corrected chi connectivity index (χ2v) is 5.39. The Bertz CT molecular complexity index is 648. The van der Waals surface area contributed by atoms with Gasteiger partial charge in [-0.05, 0) is 29.2 Å². The molecule has 0 radical (unpaired) electrons. The first-order valence-corrected chi connectivity index (χ1v) is 6.91. The molecule has 0 spiro atoms. The molecule has 0 saturated carbocycles. The highest BCUT2D eigenvalue weighted by Crippen LogP contribution is 2.42. The predicted octanol–water partition coefficient (Wildman–Crippen LogP) is 3.19. The number of nitriles is 1. The van der Waals surface area contributed by atoms with Gasteiger partial charge in [-0.25, -0.2) is 0 Å². The number of rotatable bonds is 2. The highest BCUT2D eigenvalue weighted by Gasteiger charge is 2.41. The van der Waals surface area contributed by atoms with Crippen LogP contribution in [-0.2, 0) is 4.74 Å². The Morgan fingerprint density at radius 2 is 2.00 bits per heavy atom. The molecule has 1 N–H and O–H groups in total. The van der Waals surface area contributed by atoms with E-state index in [1.54, 1.807) is 0 Å². The summed E-state index contributed by atoms with van der Waals surface area (Å²) in [5.74, 6) is 0. The molecule has 1 aliphatic rings. The summed E-state index contributed by atoms with van der Waals surface area (Å²) in [6.45, 7) is 0.972. The van der Waals surface area contributed by atoms with Gasteiger partial charge in [-0.2, -0.15) is 5.26 Å². The summed E-state index contributed by atoms with van der Waals surface area (Å²) in [5.41, 5.74) is -0.0160. The van der Waals surface area contributed by atoms with Gasteiger partial charge in [0.2, 0.25) is 0 Å². The molecule has 0 amide bonds. The number of ether oxygens (including phenoxy) is 1. The highest BCUT2D eigenvalue weighted by molar-refractivity contribution is 5.86. The zero-order valence-corrected chi connectivity index (χ0v) is 11.2. The maximum Gasteiger partial charge on any atom is 0.111 e. The molecule has 0 aliphatic carbocycles. The molecule has 3 heteroatoms. The highest BCUT2D eigenvalue weighted by atomic mass is 16.5. The lowest BCUT2D eigenvalue weighted by molar-refractivity contribution is -0.0500. The summed E-state index contributed by atoms with van der Waals surface area (Å²) in [5, 5.41) is 22.4. The summed E-state index contributed by atoms with van der Waals surface area (Å²) in [7, 11) is 0. The van der Waals surface area contributed by atoms with Gasteiger partial charge in [0.05, 0.1) is 12.7 Å². The molecule has 1 heterocycles. The molecule has 102 valence electrons. The van der Waals surface area contributed by atoms with Crippen molar-refractivity contribution in [3.8, 4) is 6.07 Å². The van der Waals surface area contributed by atoms with Crippen LogP contribution in [0.4, 0.5) is 0 Å². The van der Waals surface area contributed by atoms with Gasteiger partial charge in [0.15, 0.2) is 0 Å². The molecule has 1 aliphatic heterocycles. The smallest absolute Gasteiger partial charge is 0.111 e. The third kappa shape index (κ3) is 2.07. The van der Waals surface area contributed by atoms with Crippen molar-refractivity contribution in [1.29, 1.82) is 5.26 Å². The molecule has 3 nitrogen and oxygen atoms in total. The molecule has 2 aromatic rings. The SMILES string of the molecule is N#CC1(C(O)c2cccc3ccccc23)CCCOC1. The van der Waals surface area contributed by atoms with E-state index in [1.165, 1.54) is 0 Å². The molecule has 1 saturated heterocycles. The van der Waals surface area contributed by atoms with Crippen LogP contribution in [0.5, 0.6) is 0 Å². The van der Waals surface area contributed by atoms with E-state index in [0.717, 1.165) is 22.8 Å². The normalized spacial score (nSPS) is 24.2. The van der Waals surface area contributed by atoms with E-state index in [1.807, 2.05) is 42.5 Å². The molecule has 3 rings (SSSR count). The summed E-state index contributed by atoms with van der Waals surface area (Å²) in [6.07, 6.45) is 0.669. The van der Waals surface area contributed by atoms with Crippen LogP contribution in [-0.4, -0.2) is 18.3 Å². The third-order valence-electron chi connectivity index (χ3n) is 4.14. The summed E-state index contributed by atoms with van der Waals surface area (Å²) in [4.78, 5) is 0. The molecule has 20 heavy (non-hydrogen) atoms. The van der Waals surface area contributed by atoms with Crippen molar-refractivity contribution < 1.29 is 9.84 Å². The van der Waals surface area contributed by atoms with Crippen LogP contribution in [0.25, 0.3) is 10.8 Å². The van der Waals surface area contributed by atoms with Gasteiger partial charge in [0, 0.05) is 6.61 Å². The van der Waals surface area contributed by atoms with E-state index in [-0.39, 0.29) is 0 Å². The maximum atomic E-state index is 10.8. The lowest BCUT2D eigenvalue weighted by atomic mass is 9.75. The topological polar surface area (TPSA) is 53.2 Å². The Hall–Kier alpha value is -1.89. The number of aliphatic hydroxyl groups is 1. The van der Waals surface area contributed by atoms with Crippen molar-refractivity contribution in [3.05, 3.63) is 48.0 Å². The monoisotopic (exact) mass is 267 g/mol. The van der Waals surface area contributed by atoms with Crippen molar-refractivity contribution in [1.82, 2.24) is 0 Å². The minimum absolute atomic E-state index is 0.299. The quantitative estimate of drug-likeness (QED) is 0.909. The Morgan fingerprint density at radius 3 is 2.75 bits per heavy atom. The first-order valence-electron chi connectivity index (χ1n) is 6.91. The second-order valence-electron chi connectivity index (χ2n) is 5.39. The maximum absolute atomic E-state index is 10.8. The number of hydrogen-bond donors (Lipinski definition) is 1. The Morgan fingerprint density at radius 1 is 1.20 bits per heavy atom. The molecule has 2 aromatic carbocycles. The fourth-order valence-corrected chi connectivity index (χ4v) is 2.97. The zero-order chi connectivity index (χ0) is 14.0. The van der Waals surface area contributed by atoms with Crippen LogP contribution in [0.3, 0.4) is 0 Å². The summed E-state index contributed by atoms with van der Waals surface area (Å²) >= 11 is 0. The summed E-state index contributed by atoms with van der Waals surface area (Å²) < 4.78 is 5.45. The van der Waals surface area contributed by atoms with Gasteiger partial charge in [-0.1, -0.05) is 42.5 Å². The Balaban J connectivity index is 2.08. The van der Waals surface area contributed by atoms with E-state index in [9.17, 15) is 10.4 Å². The largest absolute Gasteiger partial charge is 0.387 e. The van der Waals surface area contributed by atoms with Gasteiger partial charge in [0.25, 0.3) is 0 Å². The van der Waals surface area contributed by atoms with Crippen LogP contribution < -0.4 is 0 Å². The predicted molar refractivity (Wildman–Crippen MR) is 77.0 cm³/mol. The lowest BCUT2D eigenvalue weighted by Gasteiger charge is -2.35. The fourth-order valence-electron chi connectivity index (χ4n) is 2.97. The van der Waals surface area contributed by atoms with Gasteiger partial charge in [0.1, 0.15) is 11.5 Å². The Kier molecular flexibility index (Phi) is 3.43. The minimum atomic E-state index is -0.831. The van der Waals surface area contributed by atoms with Crippen molar-refractivity contribution in [2.45, 2.75) is 18.9 Å². The first-order chi connectivity index (χ1) is 9.77. The molecular formula is C17H17NO2. The molecule has 0 bridgehead atoms. The molecule has 2 unspecified atom stereocenters. The van der Waals surface area contributed by atoms with Gasteiger partial charge in [-0.15, -0.1) is 0 Å². The van der Waals surface area contributed by atoms with E-state index < -0.39 is 11.5 Å². The number of hydrogen-bond acceptors (Lipinski definition) is 3. The van der Waals surface area contributed by atoms with Crippen LogP contribution in [0, 0.1) is 16.7 Å². The lowest BCUT2D eigenvalue weighted by Crippen LogP contribution is -2.36. The van der Waals surface area contributed by atoms with Crippen molar-refractivity contribution in [3.63, 3.8) is 0 Å². The summed E-state index contributed by atoms with van der Waals surface area (Å²) in [6, 6.07) is 16.1.